The number of benzene rings is 1. The number of hydrogen-bond donors (Lipinski definition) is 2. The van der Waals surface area contributed by atoms with Gasteiger partial charge < -0.3 is 10.1 Å². The first-order valence-electron chi connectivity index (χ1n) is 7.85. The average molecular weight is 392 g/mol. The molecule has 140 valence electrons. The minimum Gasteiger partial charge on any atom is -0.384 e. The van der Waals surface area contributed by atoms with Crippen molar-refractivity contribution in [2.75, 3.05) is 33.4 Å². The molecule has 10 heteroatoms. The molecule has 1 aliphatic heterocycles. The van der Waals surface area contributed by atoms with Gasteiger partial charge in [0.15, 0.2) is 0 Å². The Hall–Kier alpha value is -1.26. The smallest absolute Gasteiger partial charge is 0.275 e. The summed E-state index contributed by atoms with van der Waals surface area (Å²) in [6.45, 7) is 3.68. The van der Waals surface area contributed by atoms with Crippen LogP contribution in [0, 0.1) is 22.5 Å². The largest absolute Gasteiger partial charge is 0.384 e. The first-order chi connectivity index (χ1) is 11.7. The number of methoxy groups -OCH3 is 1. The molecule has 1 aromatic rings. The van der Waals surface area contributed by atoms with Crippen molar-refractivity contribution in [3.63, 3.8) is 0 Å². The van der Waals surface area contributed by atoms with Crippen molar-refractivity contribution in [3.8, 4) is 0 Å². The van der Waals surface area contributed by atoms with E-state index in [0.29, 0.717) is 6.61 Å². The highest BCUT2D eigenvalue weighted by Crippen LogP contribution is 2.31. The number of nitro groups is 1. The third-order valence-electron chi connectivity index (χ3n) is 4.55. The maximum atomic E-state index is 12.6. The minimum absolute atomic E-state index is 0.0445. The van der Waals surface area contributed by atoms with Crippen molar-refractivity contribution >= 4 is 27.3 Å². The molecule has 1 aliphatic rings. The maximum absolute atomic E-state index is 12.6. The SMILES string of the molecule is COCC1(CNS(=O)(=O)c2cc(Cl)c(C)c([N+](=O)[O-])c2)CCNCC1. The van der Waals surface area contributed by atoms with Gasteiger partial charge in [-0.2, -0.15) is 0 Å². The second-order valence-corrected chi connectivity index (χ2v) is 8.49. The van der Waals surface area contributed by atoms with Crippen molar-refractivity contribution < 1.29 is 18.1 Å². The quantitative estimate of drug-likeness (QED) is 0.542. The van der Waals surface area contributed by atoms with E-state index in [1.165, 1.54) is 13.0 Å². The summed E-state index contributed by atoms with van der Waals surface area (Å²) in [6.07, 6.45) is 1.55. The van der Waals surface area contributed by atoms with Gasteiger partial charge in [-0.25, -0.2) is 13.1 Å². The van der Waals surface area contributed by atoms with Crippen LogP contribution >= 0.6 is 11.6 Å². The molecule has 8 nitrogen and oxygen atoms in total. The summed E-state index contributed by atoms with van der Waals surface area (Å²) in [5.74, 6) is 0. The van der Waals surface area contributed by atoms with Crippen molar-refractivity contribution in [1.29, 1.82) is 0 Å². The Labute approximate surface area is 152 Å². The van der Waals surface area contributed by atoms with Crippen LogP contribution in [0.4, 0.5) is 5.69 Å². The van der Waals surface area contributed by atoms with E-state index in [1.54, 1.807) is 7.11 Å². The van der Waals surface area contributed by atoms with Gasteiger partial charge in [0, 0.05) is 30.7 Å². The van der Waals surface area contributed by atoms with Crippen LogP contribution in [-0.2, 0) is 14.8 Å². The molecule has 0 aromatic heterocycles. The summed E-state index contributed by atoms with van der Waals surface area (Å²) in [5, 5.41) is 14.4. The third kappa shape index (κ3) is 4.68. The summed E-state index contributed by atoms with van der Waals surface area (Å²) >= 11 is 5.97. The number of sulfonamides is 1. The Morgan fingerprint density at radius 1 is 1.40 bits per heavy atom. The summed E-state index contributed by atoms with van der Waals surface area (Å²) < 4.78 is 33.1. The molecule has 0 bridgehead atoms. The molecule has 1 aromatic carbocycles. The fraction of sp³-hybridized carbons (Fsp3) is 0.600. The Balaban J connectivity index is 2.25. The molecule has 0 aliphatic carbocycles. The van der Waals surface area contributed by atoms with Crippen LogP contribution in [0.25, 0.3) is 0 Å². The highest BCUT2D eigenvalue weighted by atomic mass is 35.5. The Morgan fingerprint density at radius 3 is 2.60 bits per heavy atom. The van der Waals surface area contributed by atoms with Gasteiger partial charge in [-0.3, -0.25) is 10.1 Å². The standard InChI is InChI=1S/C15H22ClN3O5S/c1-11-13(16)7-12(8-14(11)19(20)21)25(22,23)18-9-15(10-24-2)3-5-17-6-4-15/h7-8,17-18H,3-6,9-10H2,1-2H3. The molecular weight excluding hydrogens is 370 g/mol. The van der Waals surface area contributed by atoms with Crippen LogP contribution in [0.3, 0.4) is 0 Å². The monoisotopic (exact) mass is 391 g/mol. The minimum atomic E-state index is -3.93. The van der Waals surface area contributed by atoms with Crippen LogP contribution in [0.15, 0.2) is 17.0 Å². The first kappa shape index (κ1) is 20.1. The fourth-order valence-corrected chi connectivity index (χ4v) is 4.43. The lowest BCUT2D eigenvalue weighted by Gasteiger charge is -2.37. The van der Waals surface area contributed by atoms with Crippen LogP contribution in [0.1, 0.15) is 18.4 Å². The fourth-order valence-electron chi connectivity index (χ4n) is 2.95. The predicted octanol–water partition coefficient (Wildman–Crippen LogP) is 1.85. The van der Waals surface area contributed by atoms with E-state index >= 15 is 0 Å². The normalized spacial score (nSPS) is 17.4. The zero-order chi connectivity index (χ0) is 18.7. The van der Waals surface area contributed by atoms with Crippen molar-refractivity contribution in [1.82, 2.24) is 10.0 Å². The van der Waals surface area contributed by atoms with Gasteiger partial charge >= 0.3 is 0 Å². The maximum Gasteiger partial charge on any atom is 0.275 e. The number of piperidine rings is 1. The molecule has 25 heavy (non-hydrogen) atoms. The van der Waals surface area contributed by atoms with E-state index in [1.807, 2.05) is 0 Å². The number of ether oxygens (including phenoxy) is 1. The van der Waals surface area contributed by atoms with E-state index < -0.39 is 14.9 Å². The van der Waals surface area contributed by atoms with Crippen molar-refractivity contribution in [3.05, 3.63) is 32.8 Å². The van der Waals surface area contributed by atoms with E-state index in [0.717, 1.165) is 32.0 Å². The number of rotatable bonds is 7. The lowest BCUT2D eigenvalue weighted by atomic mass is 9.80. The molecule has 0 atom stereocenters. The lowest BCUT2D eigenvalue weighted by molar-refractivity contribution is -0.385. The highest BCUT2D eigenvalue weighted by molar-refractivity contribution is 7.89. The highest BCUT2D eigenvalue weighted by Gasteiger charge is 2.34. The van der Waals surface area contributed by atoms with Crippen LogP contribution in [0.5, 0.6) is 0 Å². The first-order valence-corrected chi connectivity index (χ1v) is 9.71. The number of nitro benzene ring substituents is 1. The van der Waals surface area contributed by atoms with E-state index in [-0.39, 0.29) is 33.1 Å². The van der Waals surface area contributed by atoms with Crippen LogP contribution in [-0.4, -0.2) is 46.7 Å². The molecule has 2 rings (SSSR count). The van der Waals surface area contributed by atoms with Gasteiger partial charge in [0.1, 0.15) is 0 Å². The van der Waals surface area contributed by atoms with Gasteiger partial charge in [0.05, 0.1) is 21.4 Å². The molecular formula is C15H22ClN3O5S. The average Bonchev–Trinajstić information content (AvgIpc) is 2.56. The van der Waals surface area contributed by atoms with Gasteiger partial charge in [0.25, 0.3) is 5.69 Å². The summed E-state index contributed by atoms with van der Waals surface area (Å²) in [6, 6.07) is 2.27. The molecule has 2 N–H and O–H groups in total. The number of nitrogens with one attached hydrogen (secondary N) is 2. The second-order valence-electron chi connectivity index (χ2n) is 6.31. The third-order valence-corrected chi connectivity index (χ3v) is 6.32. The number of hydrogen-bond acceptors (Lipinski definition) is 6. The summed E-state index contributed by atoms with van der Waals surface area (Å²) in [7, 11) is -2.34. The van der Waals surface area contributed by atoms with E-state index in [4.69, 9.17) is 16.3 Å². The summed E-state index contributed by atoms with van der Waals surface area (Å²) in [5.41, 5.74) is -0.380. The lowest BCUT2D eigenvalue weighted by Crippen LogP contribution is -2.47. The van der Waals surface area contributed by atoms with Crippen molar-refractivity contribution in [2.45, 2.75) is 24.7 Å². The Bertz CT molecular complexity index is 742. The molecule has 1 saturated heterocycles. The molecule has 0 amide bonds. The van der Waals surface area contributed by atoms with Crippen LogP contribution < -0.4 is 10.0 Å². The van der Waals surface area contributed by atoms with Gasteiger partial charge in [0.2, 0.25) is 10.0 Å². The van der Waals surface area contributed by atoms with E-state index in [9.17, 15) is 18.5 Å². The number of halogens is 1. The zero-order valence-electron chi connectivity index (χ0n) is 14.2. The molecule has 0 spiro atoms. The van der Waals surface area contributed by atoms with Gasteiger partial charge in [-0.15, -0.1) is 0 Å². The Kier molecular flexibility index (Phi) is 6.39. The van der Waals surface area contributed by atoms with Gasteiger partial charge in [-0.1, -0.05) is 11.6 Å². The second kappa shape index (κ2) is 7.96. The molecule has 1 heterocycles. The molecule has 0 unspecified atom stereocenters. The molecule has 1 fully saturated rings. The zero-order valence-corrected chi connectivity index (χ0v) is 15.7. The number of nitrogens with zero attached hydrogens (tertiary/aromatic N) is 1. The van der Waals surface area contributed by atoms with Gasteiger partial charge in [-0.05, 0) is 38.9 Å². The van der Waals surface area contributed by atoms with E-state index in [2.05, 4.69) is 10.0 Å². The topological polar surface area (TPSA) is 111 Å². The summed E-state index contributed by atoms with van der Waals surface area (Å²) in [4.78, 5) is 10.3. The molecule has 0 radical (unpaired) electrons. The molecule has 0 saturated carbocycles. The van der Waals surface area contributed by atoms with Crippen molar-refractivity contribution in [2.24, 2.45) is 5.41 Å². The predicted molar refractivity (Wildman–Crippen MR) is 94.4 cm³/mol. The Morgan fingerprint density at radius 2 is 2.04 bits per heavy atom. The van der Waals surface area contributed by atoms with Crippen LogP contribution in [0.2, 0.25) is 5.02 Å².